The number of aliphatic carboxylic acids is 1. The molecule has 0 aliphatic heterocycles. The standard InChI is InChI=1S/C20H18N2O3/c21-18(13-19(23)24)15-8-4-9-16(12-15)22-11-5-10-17(20(22)25)14-6-2-1-3-7-14/h1-12,18H,13,21H2,(H,23,24). The van der Waals surface area contributed by atoms with Gasteiger partial charge >= 0.3 is 5.97 Å². The summed E-state index contributed by atoms with van der Waals surface area (Å²) in [7, 11) is 0. The highest BCUT2D eigenvalue weighted by atomic mass is 16.4. The SMILES string of the molecule is NC(CC(=O)O)c1cccc(-n2cccc(-c3ccccc3)c2=O)c1. The molecule has 3 rings (SSSR count). The number of rotatable bonds is 5. The Kier molecular flexibility index (Phi) is 4.77. The van der Waals surface area contributed by atoms with E-state index in [1.807, 2.05) is 36.4 Å². The van der Waals surface area contributed by atoms with Crippen LogP contribution in [-0.2, 0) is 4.79 Å². The monoisotopic (exact) mass is 334 g/mol. The average molecular weight is 334 g/mol. The van der Waals surface area contributed by atoms with Crippen molar-refractivity contribution < 1.29 is 9.90 Å². The predicted molar refractivity (Wildman–Crippen MR) is 96.7 cm³/mol. The summed E-state index contributed by atoms with van der Waals surface area (Å²) in [5, 5.41) is 8.90. The van der Waals surface area contributed by atoms with Gasteiger partial charge in [-0.05, 0) is 35.4 Å². The maximum atomic E-state index is 12.9. The van der Waals surface area contributed by atoms with Gasteiger partial charge in [0.25, 0.3) is 5.56 Å². The first-order chi connectivity index (χ1) is 12.1. The molecule has 0 aliphatic rings. The van der Waals surface area contributed by atoms with Crippen LogP contribution in [0.25, 0.3) is 16.8 Å². The fourth-order valence-corrected chi connectivity index (χ4v) is 2.75. The molecule has 2 aromatic carbocycles. The smallest absolute Gasteiger partial charge is 0.305 e. The van der Waals surface area contributed by atoms with Gasteiger partial charge in [-0.3, -0.25) is 14.2 Å². The topological polar surface area (TPSA) is 85.3 Å². The minimum Gasteiger partial charge on any atom is -0.481 e. The molecular formula is C20H18N2O3. The Hall–Kier alpha value is -3.18. The molecule has 0 saturated carbocycles. The van der Waals surface area contributed by atoms with Crippen molar-refractivity contribution in [2.75, 3.05) is 0 Å². The molecule has 5 nitrogen and oxygen atoms in total. The number of carboxylic acid groups (broad SMARTS) is 1. The number of nitrogens with two attached hydrogens (primary N) is 1. The fourth-order valence-electron chi connectivity index (χ4n) is 2.75. The van der Waals surface area contributed by atoms with Crippen molar-refractivity contribution in [1.82, 2.24) is 4.57 Å². The van der Waals surface area contributed by atoms with Crippen LogP contribution in [0.5, 0.6) is 0 Å². The van der Waals surface area contributed by atoms with Crippen molar-refractivity contribution >= 4 is 5.97 Å². The van der Waals surface area contributed by atoms with E-state index >= 15 is 0 Å². The van der Waals surface area contributed by atoms with Gasteiger partial charge in [0, 0.05) is 23.5 Å². The number of hydrogen-bond acceptors (Lipinski definition) is 3. The Bertz CT molecular complexity index is 948. The molecule has 3 N–H and O–H groups in total. The zero-order valence-electron chi connectivity index (χ0n) is 13.5. The zero-order chi connectivity index (χ0) is 17.8. The highest BCUT2D eigenvalue weighted by Gasteiger charge is 2.12. The van der Waals surface area contributed by atoms with E-state index in [1.165, 1.54) is 0 Å². The molecule has 0 amide bonds. The number of aromatic nitrogens is 1. The fraction of sp³-hybridized carbons (Fsp3) is 0.100. The van der Waals surface area contributed by atoms with Crippen LogP contribution >= 0.6 is 0 Å². The van der Waals surface area contributed by atoms with Crippen molar-refractivity contribution in [3.05, 3.63) is 88.8 Å². The van der Waals surface area contributed by atoms with Crippen LogP contribution < -0.4 is 11.3 Å². The van der Waals surface area contributed by atoms with Crippen LogP contribution in [0, 0.1) is 0 Å². The lowest BCUT2D eigenvalue weighted by Crippen LogP contribution is -2.20. The molecule has 0 bridgehead atoms. The molecule has 1 atom stereocenters. The van der Waals surface area contributed by atoms with Crippen LogP contribution in [0.2, 0.25) is 0 Å². The Morgan fingerprint density at radius 2 is 1.80 bits per heavy atom. The van der Waals surface area contributed by atoms with Crippen LogP contribution in [0.4, 0.5) is 0 Å². The van der Waals surface area contributed by atoms with E-state index in [1.54, 1.807) is 41.1 Å². The second-order valence-electron chi connectivity index (χ2n) is 5.76. The summed E-state index contributed by atoms with van der Waals surface area (Å²) in [6, 6.07) is 19.5. The highest BCUT2D eigenvalue weighted by Crippen LogP contribution is 2.19. The lowest BCUT2D eigenvalue weighted by atomic mass is 10.0. The van der Waals surface area contributed by atoms with E-state index < -0.39 is 12.0 Å². The summed E-state index contributed by atoms with van der Waals surface area (Å²) < 4.78 is 1.54. The molecule has 0 radical (unpaired) electrons. The minimum atomic E-state index is -0.957. The molecule has 0 spiro atoms. The van der Waals surface area contributed by atoms with Gasteiger partial charge in [-0.2, -0.15) is 0 Å². The van der Waals surface area contributed by atoms with Gasteiger partial charge in [-0.15, -0.1) is 0 Å². The van der Waals surface area contributed by atoms with Gasteiger partial charge in [-0.1, -0.05) is 42.5 Å². The molecular weight excluding hydrogens is 316 g/mol. The third-order valence-electron chi connectivity index (χ3n) is 4.00. The molecule has 1 heterocycles. The Morgan fingerprint density at radius 1 is 1.04 bits per heavy atom. The van der Waals surface area contributed by atoms with Crippen molar-refractivity contribution in [3.8, 4) is 16.8 Å². The van der Waals surface area contributed by atoms with Crippen LogP contribution in [0.15, 0.2) is 77.7 Å². The van der Waals surface area contributed by atoms with Gasteiger partial charge in [0.05, 0.1) is 6.42 Å². The largest absolute Gasteiger partial charge is 0.481 e. The summed E-state index contributed by atoms with van der Waals surface area (Å²) in [4.78, 5) is 23.7. The summed E-state index contributed by atoms with van der Waals surface area (Å²) >= 11 is 0. The summed E-state index contributed by atoms with van der Waals surface area (Å²) in [6.07, 6.45) is 1.53. The van der Waals surface area contributed by atoms with Gasteiger partial charge in [0.1, 0.15) is 0 Å². The first-order valence-electron chi connectivity index (χ1n) is 7.91. The molecule has 0 aliphatic carbocycles. The third kappa shape index (κ3) is 3.67. The normalized spacial score (nSPS) is 11.9. The number of pyridine rings is 1. The van der Waals surface area contributed by atoms with Gasteiger partial charge < -0.3 is 10.8 Å². The lowest BCUT2D eigenvalue weighted by molar-refractivity contribution is -0.137. The third-order valence-corrected chi connectivity index (χ3v) is 4.00. The van der Waals surface area contributed by atoms with Crippen LogP contribution in [0.1, 0.15) is 18.0 Å². The van der Waals surface area contributed by atoms with Crippen molar-refractivity contribution in [1.29, 1.82) is 0 Å². The first kappa shape index (κ1) is 16.7. The lowest BCUT2D eigenvalue weighted by Gasteiger charge is -2.13. The summed E-state index contributed by atoms with van der Waals surface area (Å²) in [5.74, 6) is -0.957. The van der Waals surface area contributed by atoms with E-state index in [2.05, 4.69) is 0 Å². The highest BCUT2D eigenvalue weighted by molar-refractivity contribution is 5.68. The number of nitrogens with zero attached hydrogens (tertiary/aromatic N) is 1. The molecule has 0 saturated heterocycles. The summed E-state index contributed by atoms with van der Waals surface area (Å²) in [5.41, 5.74) is 8.57. The number of hydrogen-bond donors (Lipinski definition) is 2. The van der Waals surface area contributed by atoms with Gasteiger partial charge in [-0.25, -0.2) is 0 Å². The maximum Gasteiger partial charge on any atom is 0.305 e. The Morgan fingerprint density at radius 3 is 2.52 bits per heavy atom. The van der Waals surface area contributed by atoms with Gasteiger partial charge in [0.15, 0.2) is 0 Å². The van der Waals surface area contributed by atoms with Crippen molar-refractivity contribution in [2.24, 2.45) is 5.73 Å². The summed E-state index contributed by atoms with van der Waals surface area (Å²) in [6.45, 7) is 0. The number of carboxylic acids is 1. The van der Waals surface area contributed by atoms with Crippen LogP contribution in [-0.4, -0.2) is 15.6 Å². The van der Waals surface area contributed by atoms with E-state index in [-0.39, 0.29) is 12.0 Å². The predicted octanol–water partition coefficient (Wildman–Crippen LogP) is 2.98. The van der Waals surface area contributed by atoms with Crippen molar-refractivity contribution in [3.63, 3.8) is 0 Å². The molecule has 25 heavy (non-hydrogen) atoms. The van der Waals surface area contributed by atoms with Gasteiger partial charge in [0.2, 0.25) is 0 Å². The van der Waals surface area contributed by atoms with Crippen LogP contribution in [0.3, 0.4) is 0 Å². The number of carbonyl (C=O) groups is 1. The van der Waals surface area contributed by atoms with E-state index in [0.717, 1.165) is 5.56 Å². The second kappa shape index (κ2) is 7.15. The molecule has 1 aromatic heterocycles. The van der Waals surface area contributed by atoms with E-state index in [9.17, 15) is 9.59 Å². The van der Waals surface area contributed by atoms with E-state index in [0.29, 0.717) is 16.8 Å². The molecule has 126 valence electrons. The molecule has 0 fully saturated rings. The quantitative estimate of drug-likeness (QED) is 0.751. The Labute approximate surface area is 145 Å². The van der Waals surface area contributed by atoms with Crippen molar-refractivity contribution in [2.45, 2.75) is 12.5 Å². The Balaban J connectivity index is 2.03. The van der Waals surface area contributed by atoms with E-state index in [4.69, 9.17) is 10.8 Å². The zero-order valence-corrected chi connectivity index (χ0v) is 13.5. The first-order valence-corrected chi connectivity index (χ1v) is 7.91. The molecule has 5 heteroatoms. The second-order valence-corrected chi connectivity index (χ2v) is 5.76. The molecule has 1 unspecified atom stereocenters. The maximum absolute atomic E-state index is 12.9. The average Bonchev–Trinajstić information content (AvgIpc) is 2.62. The molecule has 3 aromatic rings. The number of benzene rings is 2. The minimum absolute atomic E-state index is 0.141.